The highest BCUT2D eigenvalue weighted by molar-refractivity contribution is 5.52. The van der Waals surface area contributed by atoms with Crippen LogP contribution in [0.1, 0.15) is 13.3 Å². The summed E-state index contributed by atoms with van der Waals surface area (Å²) in [5.41, 5.74) is 0. The van der Waals surface area contributed by atoms with Crippen LogP contribution in [0.5, 0.6) is 0 Å². The van der Waals surface area contributed by atoms with E-state index in [1.807, 2.05) is 0 Å². The summed E-state index contributed by atoms with van der Waals surface area (Å²) in [4.78, 5) is 10.0. The molecule has 1 N–H and O–H groups in total. The minimum Gasteiger partial charge on any atom is -0.314 e. The largest absolute Gasteiger partial charge is 0.314 e. The third kappa shape index (κ3) is 4.84. The Hall–Kier alpha value is -0.510. The van der Waals surface area contributed by atoms with E-state index in [4.69, 9.17) is 0 Å². The molecule has 0 aliphatic rings. The molecule has 0 bridgehead atoms. The van der Waals surface area contributed by atoms with Crippen molar-refractivity contribution in [3.05, 3.63) is 0 Å². The predicted octanol–water partition coefficient (Wildman–Crippen LogP) is 1.07. The standard InChI is InChI=1S/C7H13F2NO/c1-6(4-11)3-7(8,9)5-10-2/h4,6,10H,3,5H2,1-2H3. The van der Waals surface area contributed by atoms with Gasteiger partial charge in [0.25, 0.3) is 5.92 Å². The second kappa shape index (κ2) is 4.38. The van der Waals surface area contributed by atoms with Crippen molar-refractivity contribution in [2.75, 3.05) is 13.6 Å². The van der Waals surface area contributed by atoms with E-state index in [1.165, 1.54) is 14.0 Å². The Bertz CT molecular complexity index is 128. The van der Waals surface area contributed by atoms with Gasteiger partial charge in [-0.2, -0.15) is 0 Å². The molecule has 1 unspecified atom stereocenters. The monoisotopic (exact) mass is 165 g/mol. The van der Waals surface area contributed by atoms with Crippen molar-refractivity contribution in [3.63, 3.8) is 0 Å². The van der Waals surface area contributed by atoms with E-state index in [0.29, 0.717) is 6.29 Å². The first-order valence-electron chi connectivity index (χ1n) is 3.49. The van der Waals surface area contributed by atoms with E-state index in [0.717, 1.165) is 0 Å². The lowest BCUT2D eigenvalue weighted by molar-refractivity contribution is -0.113. The quantitative estimate of drug-likeness (QED) is 0.617. The van der Waals surface area contributed by atoms with Gasteiger partial charge in [0.05, 0.1) is 6.54 Å². The molecule has 0 heterocycles. The number of nitrogens with one attached hydrogen (secondary N) is 1. The average Bonchev–Trinajstić information content (AvgIpc) is 1.86. The number of carbonyl (C=O) groups excluding carboxylic acids is 1. The maximum atomic E-state index is 12.6. The average molecular weight is 165 g/mol. The second-order valence-electron chi connectivity index (χ2n) is 2.70. The molecule has 66 valence electrons. The van der Waals surface area contributed by atoms with Crippen molar-refractivity contribution in [3.8, 4) is 0 Å². The molecule has 0 aromatic heterocycles. The van der Waals surface area contributed by atoms with Crippen LogP contribution in [0.25, 0.3) is 0 Å². The van der Waals surface area contributed by atoms with Crippen molar-refractivity contribution in [2.45, 2.75) is 19.3 Å². The molecule has 0 fully saturated rings. The van der Waals surface area contributed by atoms with Crippen molar-refractivity contribution < 1.29 is 13.6 Å². The summed E-state index contributed by atoms with van der Waals surface area (Å²) in [5.74, 6) is -3.34. The van der Waals surface area contributed by atoms with E-state index in [-0.39, 0.29) is 13.0 Å². The van der Waals surface area contributed by atoms with Crippen molar-refractivity contribution >= 4 is 6.29 Å². The molecule has 0 aromatic carbocycles. The first-order chi connectivity index (χ1) is 5.02. The Morgan fingerprint density at radius 2 is 2.18 bits per heavy atom. The number of hydrogen-bond acceptors (Lipinski definition) is 2. The Morgan fingerprint density at radius 1 is 1.64 bits per heavy atom. The number of carbonyl (C=O) groups is 1. The fourth-order valence-electron chi connectivity index (χ4n) is 0.850. The summed E-state index contributed by atoms with van der Waals surface area (Å²) in [6.07, 6.45) is 0.168. The zero-order valence-corrected chi connectivity index (χ0v) is 6.73. The summed E-state index contributed by atoms with van der Waals surface area (Å²) in [6, 6.07) is 0. The zero-order valence-electron chi connectivity index (χ0n) is 6.73. The molecule has 0 rings (SSSR count). The maximum Gasteiger partial charge on any atom is 0.261 e. The highest BCUT2D eigenvalue weighted by atomic mass is 19.3. The van der Waals surface area contributed by atoms with Crippen LogP contribution < -0.4 is 5.32 Å². The van der Waals surface area contributed by atoms with Gasteiger partial charge in [0.2, 0.25) is 0 Å². The van der Waals surface area contributed by atoms with Crippen LogP contribution in [0.15, 0.2) is 0 Å². The van der Waals surface area contributed by atoms with Gasteiger partial charge in [-0.15, -0.1) is 0 Å². The van der Waals surface area contributed by atoms with Crippen LogP contribution in [0, 0.1) is 5.92 Å². The van der Waals surface area contributed by atoms with Gasteiger partial charge in [-0.1, -0.05) is 6.92 Å². The zero-order chi connectivity index (χ0) is 8.91. The number of hydrogen-bond donors (Lipinski definition) is 1. The van der Waals surface area contributed by atoms with Gasteiger partial charge in [0.1, 0.15) is 6.29 Å². The summed E-state index contributed by atoms with van der Waals surface area (Å²) in [7, 11) is 1.46. The Morgan fingerprint density at radius 3 is 2.55 bits per heavy atom. The molecule has 0 saturated heterocycles. The third-order valence-electron chi connectivity index (χ3n) is 1.29. The normalized spacial score (nSPS) is 14.5. The van der Waals surface area contributed by atoms with Crippen LogP contribution in [0.2, 0.25) is 0 Å². The Balaban J connectivity index is 3.79. The minimum atomic E-state index is -2.77. The molecule has 0 aliphatic carbocycles. The minimum absolute atomic E-state index is 0.370. The lowest BCUT2D eigenvalue weighted by atomic mass is 10.0. The van der Waals surface area contributed by atoms with E-state index in [1.54, 1.807) is 0 Å². The highest BCUT2D eigenvalue weighted by Crippen LogP contribution is 2.21. The maximum absolute atomic E-state index is 12.6. The molecule has 11 heavy (non-hydrogen) atoms. The van der Waals surface area contributed by atoms with Gasteiger partial charge >= 0.3 is 0 Å². The first-order valence-corrected chi connectivity index (χ1v) is 3.49. The highest BCUT2D eigenvalue weighted by Gasteiger charge is 2.29. The Labute approximate surface area is 65.0 Å². The molecule has 1 atom stereocenters. The Kier molecular flexibility index (Phi) is 4.18. The van der Waals surface area contributed by atoms with Gasteiger partial charge in [0.15, 0.2) is 0 Å². The molecule has 2 nitrogen and oxygen atoms in total. The fraction of sp³-hybridized carbons (Fsp3) is 0.857. The molecule has 0 spiro atoms. The molecule has 0 radical (unpaired) electrons. The number of aldehydes is 1. The lowest BCUT2D eigenvalue weighted by Gasteiger charge is -2.16. The number of rotatable bonds is 5. The number of alkyl halides is 2. The molecule has 4 heteroatoms. The molecule has 0 amide bonds. The summed E-state index contributed by atoms with van der Waals surface area (Å²) >= 11 is 0. The van der Waals surface area contributed by atoms with Gasteiger partial charge < -0.3 is 10.1 Å². The van der Waals surface area contributed by atoms with E-state index >= 15 is 0 Å². The molecule has 0 aromatic rings. The predicted molar refractivity (Wildman–Crippen MR) is 38.7 cm³/mol. The smallest absolute Gasteiger partial charge is 0.261 e. The van der Waals surface area contributed by atoms with Gasteiger partial charge in [-0.25, -0.2) is 8.78 Å². The van der Waals surface area contributed by atoms with Crippen LogP contribution in [0.3, 0.4) is 0 Å². The second-order valence-corrected chi connectivity index (χ2v) is 2.70. The number of halogens is 2. The van der Waals surface area contributed by atoms with Crippen molar-refractivity contribution in [1.29, 1.82) is 0 Å². The third-order valence-corrected chi connectivity index (χ3v) is 1.29. The fourth-order valence-corrected chi connectivity index (χ4v) is 0.850. The van der Waals surface area contributed by atoms with Gasteiger partial charge in [-0.05, 0) is 7.05 Å². The lowest BCUT2D eigenvalue weighted by Crippen LogP contribution is -2.32. The van der Waals surface area contributed by atoms with Crippen LogP contribution in [-0.4, -0.2) is 25.8 Å². The van der Waals surface area contributed by atoms with Crippen LogP contribution >= 0.6 is 0 Å². The molecule has 0 aliphatic heterocycles. The van der Waals surface area contributed by atoms with Crippen LogP contribution in [-0.2, 0) is 4.79 Å². The summed E-state index contributed by atoms with van der Waals surface area (Å²) < 4.78 is 25.3. The van der Waals surface area contributed by atoms with Crippen LogP contribution in [0.4, 0.5) is 8.78 Å². The van der Waals surface area contributed by atoms with Gasteiger partial charge in [0, 0.05) is 12.3 Å². The molecule has 0 saturated carbocycles. The van der Waals surface area contributed by atoms with E-state index in [9.17, 15) is 13.6 Å². The molecular formula is C7H13F2NO. The van der Waals surface area contributed by atoms with Crippen molar-refractivity contribution in [1.82, 2.24) is 5.32 Å². The van der Waals surface area contributed by atoms with Gasteiger partial charge in [-0.3, -0.25) is 0 Å². The van der Waals surface area contributed by atoms with E-state index in [2.05, 4.69) is 5.32 Å². The van der Waals surface area contributed by atoms with E-state index < -0.39 is 11.8 Å². The molecular weight excluding hydrogens is 152 g/mol. The van der Waals surface area contributed by atoms with Crippen molar-refractivity contribution in [2.24, 2.45) is 5.92 Å². The first kappa shape index (κ1) is 10.5. The summed E-state index contributed by atoms with van der Waals surface area (Å²) in [6.45, 7) is 1.11. The summed E-state index contributed by atoms with van der Waals surface area (Å²) in [5, 5.41) is 2.37. The topological polar surface area (TPSA) is 29.1 Å². The SMILES string of the molecule is CNCC(F)(F)CC(C)C=O.